The van der Waals surface area contributed by atoms with Gasteiger partial charge in [-0.3, -0.25) is 0 Å². The maximum Gasteiger partial charge on any atom is 0.119 e. The lowest BCUT2D eigenvalue weighted by atomic mass is 9.54. The summed E-state index contributed by atoms with van der Waals surface area (Å²) in [6, 6.07) is 6.69. The van der Waals surface area contributed by atoms with E-state index in [0.29, 0.717) is 11.3 Å². The molecule has 1 aromatic rings. The molecule has 0 unspecified atom stereocenters. The molecule has 2 fully saturated rings. The van der Waals surface area contributed by atoms with Crippen LogP contribution in [0.15, 0.2) is 18.2 Å². The molecule has 0 amide bonds. The zero-order valence-electron chi connectivity index (χ0n) is 13.8. The number of fused-ring (bicyclic) bond motifs is 5. The van der Waals surface area contributed by atoms with Gasteiger partial charge in [-0.05, 0) is 85.0 Å². The van der Waals surface area contributed by atoms with Crippen LogP contribution >= 0.6 is 0 Å². The molecule has 4 rings (SSSR count). The van der Waals surface area contributed by atoms with Crippen molar-refractivity contribution in [3.8, 4) is 5.75 Å². The average molecular weight is 300 g/mol. The number of ether oxygens (including phenoxy) is 1. The second-order valence-corrected chi connectivity index (χ2v) is 7.83. The van der Waals surface area contributed by atoms with Crippen molar-refractivity contribution in [3.05, 3.63) is 29.3 Å². The minimum atomic E-state index is -0.0547. The molecule has 1 N–H and O–H groups in total. The molecular formula is C20H28O2. The molecule has 3 aliphatic rings. The minimum absolute atomic E-state index is 0.0547. The Morgan fingerprint density at radius 3 is 2.95 bits per heavy atom. The average Bonchev–Trinajstić information content (AvgIpc) is 2.90. The molecule has 120 valence electrons. The van der Waals surface area contributed by atoms with Crippen LogP contribution in [-0.2, 0) is 6.42 Å². The monoisotopic (exact) mass is 300 g/mol. The maximum atomic E-state index is 10.3. The summed E-state index contributed by atoms with van der Waals surface area (Å²) in [6.45, 7) is 2.34. The molecule has 0 radical (unpaired) electrons. The van der Waals surface area contributed by atoms with Gasteiger partial charge in [0.2, 0.25) is 0 Å². The van der Waals surface area contributed by atoms with Crippen LogP contribution in [0.1, 0.15) is 62.5 Å². The van der Waals surface area contributed by atoms with Crippen molar-refractivity contribution in [1.29, 1.82) is 0 Å². The van der Waals surface area contributed by atoms with E-state index in [9.17, 15) is 5.11 Å². The van der Waals surface area contributed by atoms with Gasteiger partial charge in [0.1, 0.15) is 5.75 Å². The molecule has 2 heteroatoms. The number of methoxy groups -OCH3 is 1. The van der Waals surface area contributed by atoms with Crippen LogP contribution in [0.4, 0.5) is 0 Å². The molecule has 1 aromatic carbocycles. The minimum Gasteiger partial charge on any atom is -0.497 e. The van der Waals surface area contributed by atoms with Gasteiger partial charge in [-0.1, -0.05) is 19.4 Å². The number of benzene rings is 1. The highest BCUT2D eigenvalue weighted by molar-refractivity contribution is 5.40. The summed E-state index contributed by atoms with van der Waals surface area (Å²) in [5.41, 5.74) is 3.51. The van der Waals surface area contributed by atoms with E-state index in [2.05, 4.69) is 25.1 Å². The van der Waals surface area contributed by atoms with Crippen molar-refractivity contribution >= 4 is 0 Å². The Bertz CT molecular complexity index is 567. The van der Waals surface area contributed by atoms with E-state index >= 15 is 0 Å². The Hall–Kier alpha value is -1.02. The van der Waals surface area contributed by atoms with Gasteiger partial charge in [-0.25, -0.2) is 0 Å². The number of hydrogen-bond acceptors (Lipinski definition) is 2. The largest absolute Gasteiger partial charge is 0.497 e. The van der Waals surface area contributed by atoms with Crippen molar-refractivity contribution in [1.82, 2.24) is 0 Å². The Labute approximate surface area is 133 Å². The summed E-state index contributed by atoms with van der Waals surface area (Å²) in [5, 5.41) is 10.3. The van der Waals surface area contributed by atoms with Crippen LogP contribution in [0.3, 0.4) is 0 Å². The first-order valence-electron chi connectivity index (χ1n) is 9.02. The van der Waals surface area contributed by atoms with Crippen molar-refractivity contribution in [2.45, 2.75) is 63.9 Å². The summed E-state index contributed by atoms with van der Waals surface area (Å²) < 4.78 is 5.40. The summed E-state index contributed by atoms with van der Waals surface area (Å²) >= 11 is 0. The van der Waals surface area contributed by atoms with Gasteiger partial charge in [-0.2, -0.15) is 0 Å². The van der Waals surface area contributed by atoms with E-state index in [0.717, 1.165) is 30.4 Å². The van der Waals surface area contributed by atoms with Crippen LogP contribution in [0.5, 0.6) is 5.75 Å². The molecule has 2 saturated carbocycles. The lowest BCUT2D eigenvalue weighted by molar-refractivity contribution is 0.0403. The number of aryl methyl sites for hydroxylation is 1. The molecule has 0 aromatic heterocycles. The number of aliphatic hydroxyl groups is 1. The summed E-state index contributed by atoms with van der Waals surface area (Å²) in [4.78, 5) is 0. The van der Waals surface area contributed by atoms with Crippen LogP contribution in [0, 0.1) is 17.3 Å². The fraction of sp³-hybridized carbons (Fsp3) is 0.700. The van der Waals surface area contributed by atoms with Crippen LogP contribution in [-0.4, -0.2) is 18.3 Å². The molecule has 3 aliphatic carbocycles. The fourth-order valence-corrected chi connectivity index (χ4v) is 6.08. The zero-order valence-corrected chi connectivity index (χ0v) is 13.8. The lowest BCUT2D eigenvalue weighted by Gasteiger charge is -2.50. The first-order chi connectivity index (χ1) is 10.7. The van der Waals surface area contributed by atoms with Crippen LogP contribution in [0.25, 0.3) is 0 Å². The normalized spacial score (nSPS) is 39.8. The summed E-state index contributed by atoms with van der Waals surface area (Å²) in [7, 11) is 1.75. The quantitative estimate of drug-likeness (QED) is 0.882. The number of aliphatic hydroxyl groups excluding tert-OH is 1. The number of hydrogen-bond donors (Lipinski definition) is 1. The summed E-state index contributed by atoms with van der Waals surface area (Å²) in [5.74, 6) is 3.23. The third kappa shape index (κ3) is 2.03. The standard InChI is InChI=1S/C20H28O2/c1-3-20-9-8-17-16-7-5-15(22-2)10-13(16)4-6-18(17)19(20)11-14(21)12-20/h5,7,10,14,17-19,21H,3-4,6,8-9,11-12H2,1-2H3/t14-,17-,18-,19+,20-/m1/s1. The Morgan fingerprint density at radius 1 is 1.32 bits per heavy atom. The first-order valence-corrected chi connectivity index (χ1v) is 9.02. The zero-order chi connectivity index (χ0) is 15.3. The molecule has 0 spiro atoms. The third-order valence-electron chi connectivity index (χ3n) is 7.14. The molecule has 0 bridgehead atoms. The SMILES string of the molecule is CC[C@]12CC[C@@H]3c4ccc(OC)cc4CC[C@H]3[C@@H]1C[C@@H](O)C2. The molecule has 5 atom stereocenters. The van der Waals surface area contributed by atoms with Crippen molar-refractivity contribution in [2.75, 3.05) is 7.11 Å². The van der Waals surface area contributed by atoms with Crippen molar-refractivity contribution in [3.63, 3.8) is 0 Å². The van der Waals surface area contributed by atoms with Gasteiger partial charge >= 0.3 is 0 Å². The maximum absolute atomic E-state index is 10.3. The second-order valence-electron chi connectivity index (χ2n) is 7.83. The van der Waals surface area contributed by atoms with Crippen molar-refractivity contribution in [2.24, 2.45) is 17.3 Å². The van der Waals surface area contributed by atoms with Gasteiger partial charge in [0.15, 0.2) is 0 Å². The predicted octanol–water partition coefficient (Wildman–Crippen LogP) is 4.30. The lowest BCUT2D eigenvalue weighted by Crippen LogP contribution is -2.40. The topological polar surface area (TPSA) is 29.5 Å². The second kappa shape index (κ2) is 5.26. The first kappa shape index (κ1) is 14.6. The van der Waals surface area contributed by atoms with Crippen LogP contribution in [0.2, 0.25) is 0 Å². The molecule has 2 nitrogen and oxygen atoms in total. The smallest absolute Gasteiger partial charge is 0.119 e. The Kier molecular flexibility index (Phi) is 3.48. The highest BCUT2D eigenvalue weighted by Gasteiger charge is 2.54. The van der Waals surface area contributed by atoms with Gasteiger partial charge in [0.05, 0.1) is 13.2 Å². The Balaban J connectivity index is 1.68. The van der Waals surface area contributed by atoms with E-state index < -0.39 is 0 Å². The molecule has 0 heterocycles. The van der Waals surface area contributed by atoms with E-state index in [1.54, 1.807) is 12.7 Å². The van der Waals surface area contributed by atoms with Crippen LogP contribution < -0.4 is 4.74 Å². The van der Waals surface area contributed by atoms with Gasteiger partial charge < -0.3 is 9.84 Å². The number of rotatable bonds is 2. The highest BCUT2D eigenvalue weighted by Crippen LogP contribution is 2.62. The Morgan fingerprint density at radius 2 is 2.18 bits per heavy atom. The molecule has 0 aliphatic heterocycles. The molecular weight excluding hydrogens is 272 g/mol. The van der Waals surface area contributed by atoms with Crippen molar-refractivity contribution < 1.29 is 9.84 Å². The van der Waals surface area contributed by atoms with E-state index in [1.807, 2.05) is 0 Å². The van der Waals surface area contributed by atoms with Gasteiger partial charge in [0, 0.05) is 0 Å². The predicted molar refractivity (Wildman–Crippen MR) is 88.2 cm³/mol. The molecule has 0 saturated heterocycles. The van der Waals surface area contributed by atoms with E-state index in [4.69, 9.17) is 4.74 Å². The summed E-state index contributed by atoms with van der Waals surface area (Å²) in [6.07, 6.45) is 8.37. The third-order valence-corrected chi connectivity index (χ3v) is 7.14. The van der Waals surface area contributed by atoms with E-state index in [-0.39, 0.29) is 6.10 Å². The van der Waals surface area contributed by atoms with E-state index in [1.165, 1.54) is 37.7 Å². The van der Waals surface area contributed by atoms with Gasteiger partial charge in [-0.15, -0.1) is 0 Å². The highest BCUT2D eigenvalue weighted by atomic mass is 16.5. The van der Waals surface area contributed by atoms with Gasteiger partial charge in [0.25, 0.3) is 0 Å². The molecule has 22 heavy (non-hydrogen) atoms. The fourth-order valence-electron chi connectivity index (χ4n) is 6.08.